The standard InChI is InChI=1S/C15H18FN/c1-10(2)13-6-5-12(9-14(13)16)15-11(3)7-8-17(15)4/h5-10H,1-4H3. The number of halogens is 1. The zero-order valence-electron chi connectivity index (χ0n) is 10.8. The van der Waals surface area contributed by atoms with Crippen LogP contribution in [-0.2, 0) is 7.05 Å². The van der Waals surface area contributed by atoms with E-state index in [1.54, 1.807) is 6.07 Å². The second-order valence-electron chi connectivity index (χ2n) is 4.85. The van der Waals surface area contributed by atoms with Crippen molar-refractivity contribution in [3.05, 3.63) is 47.4 Å². The number of rotatable bonds is 2. The van der Waals surface area contributed by atoms with Crippen LogP contribution in [0.25, 0.3) is 11.3 Å². The number of hydrogen-bond acceptors (Lipinski definition) is 0. The van der Waals surface area contributed by atoms with Crippen LogP contribution in [0.2, 0.25) is 0 Å². The minimum atomic E-state index is -0.113. The lowest BCUT2D eigenvalue weighted by Gasteiger charge is -2.10. The zero-order valence-corrected chi connectivity index (χ0v) is 10.8. The Labute approximate surface area is 102 Å². The molecular weight excluding hydrogens is 213 g/mol. The molecule has 0 aliphatic rings. The molecule has 0 saturated carbocycles. The fourth-order valence-electron chi connectivity index (χ4n) is 2.23. The van der Waals surface area contributed by atoms with Gasteiger partial charge in [0.05, 0.1) is 5.69 Å². The van der Waals surface area contributed by atoms with Gasteiger partial charge in [-0.3, -0.25) is 0 Å². The van der Waals surface area contributed by atoms with Crippen molar-refractivity contribution in [2.45, 2.75) is 26.7 Å². The van der Waals surface area contributed by atoms with Crippen LogP contribution in [0.3, 0.4) is 0 Å². The minimum absolute atomic E-state index is 0.113. The van der Waals surface area contributed by atoms with E-state index in [-0.39, 0.29) is 11.7 Å². The fourth-order valence-corrected chi connectivity index (χ4v) is 2.23. The van der Waals surface area contributed by atoms with Crippen LogP contribution >= 0.6 is 0 Å². The maximum atomic E-state index is 13.9. The van der Waals surface area contributed by atoms with E-state index in [0.29, 0.717) is 0 Å². The molecule has 1 aromatic carbocycles. The summed E-state index contributed by atoms with van der Waals surface area (Å²) < 4.78 is 16.0. The SMILES string of the molecule is Cc1ccn(C)c1-c1ccc(C(C)C)c(F)c1. The van der Waals surface area contributed by atoms with Gasteiger partial charge in [0.15, 0.2) is 0 Å². The molecule has 0 amide bonds. The fraction of sp³-hybridized carbons (Fsp3) is 0.333. The van der Waals surface area contributed by atoms with Crippen molar-refractivity contribution in [1.29, 1.82) is 0 Å². The summed E-state index contributed by atoms with van der Waals surface area (Å²) in [6, 6.07) is 7.57. The normalized spacial score (nSPS) is 11.2. The highest BCUT2D eigenvalue weighted by molar-refractivity contribution is 5.64. The van der Waals surface area contributed by atoms with Gasteiger partial charge < -0.3 is 4.57 Å². The third-order valence-corrected chi connectivity index (χ3v) is 3.17. The van der Waals surface area contributed by atoms with Gasteiger partial charge in [0.2, 0.25) is 0 Å². The van der Waals surface area contributed by atoms with E-state index >= 15 is 0 Å². The summed E-state index contributed by atoms with van der Waals surface area (Å²) in [4.78, 5) is 0. The molecule has 0 N–H and O–H groups in total. The minimum Gasteiger partial charge on any atom is -0.350 e. The summed E-state index contributed by atoms with van der Waals surface area (Å²) in [5.41, 5.74) is 3.97. The first-order chi connectivity index (χ1) is 8.00. The van der Waals surface area contributed by atoms with Crippen LogP contribution in [0.5, 0.6) is 0 Å². The van der Waals surface area contributed by atoms with E-state index in [9.17, 15) is 4.39 Å². The Morgan fingerprint density at radius 2 is 1.88 bits per heavy atom. The molecule has 1 aromatic heterocycles. The Bertz CT molecular complexity index is 518. The Kier molecular flexibility index (Phi) is 3.05. The molecule has 0 bridgehead atoms. The Morgan fingerprint density at radius 3 is 2.35 bits per heavy atom. The number of nitrogens with zero attached hydrogens (tertiary/aromatic N) is 1. The van der Waals surface area contributed by atoms with Crippen LogP contribution in [0.4, 0.5) is 4.39 Å². The van der Waals surface area contributed by atoms with Gasteiger partial charge in [0, 0.05) is 18.8 Å². The number of benzene rings is 1. The summed E-state index contributed by atoms with van der Waals surface area (Å²) in [5.74, 6) is 0.108. The van der Waals surface area contributed by atoms with Crippen molar-refractivity contribution in [3.63, 3.8) is 0 Å². The molecule has 1 nitrogen and oxygen atoms in total. The molecule has 2 aromatic rings. The molecular formula is C15H18FN. The maximum absolute atomic E-state index is 13.9. The molecule has 0 fully saturated rings. The molecule has 17 heavy (non-hydrogen) atoms. The zero-order chi connectivity index (χ0) is 12.6. The van der Waals surface area contributed by atoms with E-state index in [1.165, 1.54) is 5.56 Å². The topological polar surface area (TPSA) is 4.93 Å². The summed E-state index contributed by atoms with van der Waals surface area (Å²) in [5, 5.41) is 0. The van der Waals surface area contributed by atoms with Crippen LogP contribution in [-0.4, -0.2) is 4.57 Å². The lowest BCUT2D eigenvalue weighted by Crippen LogP contribution is -1.96. The molecule has 1 heterocycles. The van der Waals surface area contributed by atoms with Crippen molar-refractivity contribution in [3.8, 4) is 11.3 Å². The first-order valence-corrected chi connectivity index (χ1v) is 5.92. The summed E-state index contributed by atoms with van der Waals surface area (Å²) >= 11 is 0. The van der Waals surface area contributed by atoms with Gasteiger partial charge in [-0.2, -0.15) is 0 Å². The van der Waals surface area contributed by atoms with Crippen LogP contribution in [0.1, 0.15) is 30.9 Å². The van der Waals surface area contributed by atoms with Crippen molar-refractivity contribution in [2.75, 3.05) is 0 Å². The molecule has 0 spiro atoms. The van der Waals surface area contributed by atoms with Gasteiger partial charge >= 0.3 is 0 Å². The molecule has 0 aliphatic heterocycles. The lowest BCUT2D eigenvalue weighted by molar-refractivity contribution is 0.598. The molecule has 0 saturated heterocycles. The highest BCUT2D eigenvalue weighted by atomic mass is 19.1. The lowest BCUT2D eigenvalue weighted by atomic mass is 9.99. The van der Waals surface area contributed by atoms with E-state index < -0.39 is 0 Å². The van der Waals surface area contributed by atoms with E-state index in [4.69, 9.17) is 0 Å². The molecule has 2 heteroatoms. The third kappa shape index (κ3) is 2.12. The number of aryl methyl sites for hydroxylation is 2. The first kappa shape index (κ1) is 11.9. The van der Waals surface area contributed by atoms with Crippen LogP contribution in [0.15, 0.2) is 30.5 Å². The molecule has 0 atom stereocenters. The summed E-state index contributed by atoms with van der Waals surface area (Å²) in [7, 11) is 1.98. The van der Waals surface area contributed by atoms with Crippen LogP contribution in [0, 0.1) is 12.7 Å². The highest BCUT2D eigenvalue weighted by Crippen LogP contribution is 2.27. The highest BCUT2D eigenvalue weighted by Gasteiger charge is 2.11. The largest absolute Gasteiger partial charge is 0.350 e. The van der Waals surface area contributed by atoms with Crippen LogP contribution < -0.4 is 0 Å². The van der Waals surface area contributed by atoms with E-state index in [2.05, 4.69) is 0 Å². The Hall–Kier alpha value is -1.57. The van der Waals surface area contributed by atoms with Crippen molar-refractivity contribution < 1.29 is 4.39 Å². The summed E-state index contributed by atoms with van der Waals surface area (Å²) in [6.45, 7) is 6.06. The van der Waals surface area contributed by atoms with Crippen molar-refractivity contribution in [2.24, 2.45) is 7.05 Å². The maximum Gasteiger partial charge on any atom is 0.127 e. The number of aromatic nitrogens is 1. The van der Waals surface area contributed by atoms with Gasteiger partial charge in [-0.1, -0.05) is 26.0 Å². The first-order valence-electron chi connectivity index (χ1n) is 5.92. The molecule has 90 valence electrons. The predicted octanol–water partition coefficient (Wildman–Crippen LogP) is 4.26. The Morgan fingerprint density at radius 1 is 1.18 bits per heavy atom. The van der Waals surface area contributed by atoms with Gasteiger partial charge in [-0.25, -0.2) is 4.39 Å². The summed E-state index contributed by atoms with van der Waals surface area (Å²) in [6.07, 6.45) is 2.00. The average Bonchev–Trinajstić information content (AvgIpc) is 2.58. The molecule has 0 aliphatic carbocycles. The number of hydrogen-bond donors (Lipinski definition) is 0. The van der Waals surface area contributed by atoms with Gasteiger partial charge in [-0.05, 0) is 36.1 Å². The van der Waals surface area contributed by atoms with E-state index in [1.807, 2.05) is 56.8 Å². The second-order valence-corrected chi connectivity index (χ2v) is 4.85. The van der Waals surface area contributed by atoms with E-state index in [0.717, 1.165) is 16.8 Å². The van der Waals surface area contributed by atoms with Gasteiger partial charge in [0.1, 0.15) is 5.82 Å². The monoisotopic (exact) mass is 231 g/mol. The van der Waals surface area contributed by atoms with Gasteiger partial charge in [0.25, 0.3) is 0 Å². The smallest absolute Gasteiger partial charge is 0.127 e. The molecule has 2 rings (SSSR count). The van der Waals surface area contributed by atoms with Crippen molar-refractivity contribution >= 4 is 0 Å². The second kappa shape index (κ2) is 4.36. The molecule has 0 unspecified atom stereocenters. The average molecular weight is 231 g/mol. The quantitative estimate of drug-likeness (QED) is 0.727. The van der Waals surface area contributed by atoms with Gasteiger partial charge in [-0.15, -0.1) is 0 Å². The Balaban J connectivity index is 2.52. The third-order valence-electron chi connectivity index (χ3n) is 3.17. The predicted molar refractivity (Wildman–Crippen MR) is 69.6 cm³/mol. The van der Waals surface area contributed by atoms with Crippen molar-refractivity contribution in [1.82, 2.24) is 4.57 Å². The molecule has 0 radical (unpaired) electrons.